The second kappa shape index (κ2) is 7.13. The first-order chi connectivity index (χ1) is 8.40. The van der Waals surface area contributed by atoms with Crippen molar-refractivity contribution in [2.24, 2.45) is 17.1 Å². The molecular formula is C14H29NO2S. The fourth-order valence-electron chi connectivity index (χ4n) is 2.63. The van der Waals surface area contributed by atoms with E-state index in [0.29, 0.717) is 16.4 Å². The number of aliphatic hydroxyl groups is 2. The van der Waals surface area contributed by atoms with Gasteiger partial charge >= 0.3 is 0 Å². The van der Waals surface area contributed by atoms with E-state index < -0.39 is 6.10 Å². The maximum Gasteiger partial charge on any atom is 0.0861 e. The third-order valence-electron chi connectivity index (χ3n) is 4.57. The van der Waals surface area contributed by atoms with Gasteiger partial charge in [-0.15, -0.1) is 0 Å². The van der Waals surface area contributed by atoms with E-state index in [1.54, 1.807) is 11.8 Å². The van der Waals surface area contributed by atoms with Crippen LogP contribution in [0.5, 0.6) is 0 Å². The summed E-state index contributed by atoms with van der Waals surface area (Å²) in [6.07, 6.45) is 4.04. The Balaban J connectivity index is 2.51. The number of aliphatic hydroxyl groups excluding tert-OH is 2. The SMILES string of the molecule is CCC(C)(C)C1CCC(N)C(SCC(O)CO)C1. The Morgan fingerprint density at radius 2 is 2.06 bits per heavy atom. The molecule has 0 aliphatic heterocycles. The van der Waals surface area contributed by atoms with Crippen molar-refractivity contribution in [2.45, 2.75) is 63.9 Å². The minimum atomic E-state index is -0.609. The highest BCUT2D eigenvalue weighted by Crippen LogP contribution is 2.43. The van der Waals surface area contributed by atoms with E-state index in [1.807, 2.05) is 0 Å². The van der Waals surface area contributed by atoms with Crippen LogP contribution in [0.25, 0.3) is 0 Å². The lowest BCUT2D eigenvalue weighted by Gasteiger charge is -2.42. The van der Waals surface area contributed by atoms with Gasteiger partial charge in [0.1, 0.15) is 0 Å². The molecule has 0 radical (unpaired) electrons. The van der Waals surface area contributed by atoms with Gasteiger partial charge in [0.05, 0.1) is 12.7 Å². The second-order valence-electron chi connectivity index (χ2n) is 6.22. The van der Waals surface area contributed by atoms with Crippen molar-refractivity contribution >= 4 is 11.8 Å². The minimum absolute atomic E-state index is 0.154. The zero-order valence-corrected chi connectivity index (χ0v) is 12.7. The molecule has 0 aromatic heterocycles. The second-order valence-corrected chi connectivity index (χ2v) is 7.50. The van der Waals surface area contributed by atoms with E-state index >= 15 is 0 Å². The summed E-state index contributed by atoms with van der Waals surface area (Å²) >= 11 is 1.73. The molecular weight excluding hydrogens is 246 g/mol. The van der Waals surface area contributed by atoms with Crippen LogP contribution in [-0.4, -0.2) is 40.0 Å². The smallest absolute Gasteiger partial charge is 0.0861 e. The third kappa shape index (κ3) is 4.41. The Hall–Kier alpha value is 0.230. The largest absolute Gasteiger partial charge is 0.394 e. The van der Waals surface area contributed by atoms with Crippen molar-refractivity contribution in [1.29, 1.82) is 0 Å². The van der Waals surface area contributed by atoms with Crippen molar-refractivity contribution in [3.05, 3.63) is 0 Å². The van der Waals surface area contributed by atoms with E-state index in [2.05, 4.69) is 20.8 Å². The molecule has 108 valence electrons. The van der Waals surface area contributed by atoms with Crippen LogP contribution in [0.3, 0.4) is 0 Å². The molecule has 3 nitrogen and oxygen atoms in total. The molecule has 0 spiro atoms. The number of nitrogens with two attached hydrogens (primary N) is 1. The Morgan fingerprint density at radius 1 is 1.39 bits per heavy atom. The van der Waals surface area contributed by atoms with Crippen LogP contribution >= 0.6 is 11.8 Å². The molecule has 0 amide bonds. The predicted molar refractivity (Wildman–Crippen MR) is 78.7 cm³/mol. The van der Waals surface area contributed by atoms with Gasteiger partial charge in [-0.3, -0.25) is 0 Å². The van der Waals surface area contributed by atoms with Crippen molar-refractivity contribution in [3.63, 3.8) is 0 Å². The summed E-state index contributed by atoms with van der Waals surface area (Å²) in [7, 11) is 0. The van der Waals surface area contributed by atoms with Crippen LogP contribution in [0.1, 0.15) is 46.5 Å². The average Bonchev–Trinajstić information content (AvgIpc) is 2.37. The van der Waals surface area contributed by atoms with Gasteiger partial charge in [-0.2, -0.15) is 11.8 Å². The Morgan fingerprint density at radius 3 is 2.61 bits per heavy atom. The molecule has 0 heterocycles. The number of rotatable bonds is 6. The van der Waals surface area contributed by atoms with Crippen molar-refractivity contribution < 1.29 is 10.2 Å². The Kier molecular flexibility index (Phi) is 6.45. The van der Waals surface area contributed by atoms with Crippen LogP contribution in [-0.2, 0) is 0 Å². The van der Waals surface area contributed by atoms with Crippen LogP contribution in [0.4, 0.5) is 0 Å². The molecule has 0 aromatic rings. The summed E-state index contributed by atoms with van der Waals surface area (Å²) in [6.45, 7) is 6.79. The molecule has 18 heavy (non-hydrogen) atoms. The summed E-state index contributed by atoms with van der Waals surface area (Å²) in [6, 6.07) is 0.241. The Labute approximate surface area is 116 Å². The molecule has 1 aliphatic carbocycles. The van der Waals surface area contributed by atoms with E-state index in [4.69, 9.17) is 10.8 Å². The molecule has 0 saturated heterocycles. The molecule has 0 bridgehead atoms. The van der Waals surface area contributed by atoms with Gasteiger partial charge in [0, 0.05) is 17.0 Å². The number of thioether (sulfide) groups is 1. The monoisotopic (exact) mass is 275 g/mol. The van der Waals surface area contributed by atoms with Crippen LogP contribution in [0.15, 0.2) is 0 Å². The van der Waals surface area contributed by atoms with Gasteiger partial charge in [-0.1, -0.05) is 27.2 Å². The lowest BCUT2D eigenvalue weighted by Crippen LogP contribution is -2.42. The molecule has 4 heteroatoms. The van der Waals surface area contributed by atoms with Gasteiger partial charge in [-0.25, -0.2) is 0 Å². The first-order valence-electron chi connectivity index (χ1n) is 7.06. The zero-order chi connectivity index (χ0) is 13.8. The van der Waals surface area contributed by atoms with Gasteiger partial charge in [0.2, 0.25) is 0 Å². The maximum absolute atomic E-state index is 9.44. The summed E-state index contributed by atoms with van der Waals surface area (Å²) in [5.74, 6) is 1.32. The van der Waals surface area contributed by atoms with E-state index in [-0.39, 0.29) is 12.6 Å². The van der Waals surface area contributed by atoms with E-state index in [0.717, 1.165) is 18.8 Å². The summed E-state index contributed by atoms with van der Waals surface area (Å²) in [5, 5.41) is 18.7. The fourth-order valence-corrected chi connectivity index (χ4v) is 3.96. The van der Waals surface area contributed by atoms with E-state index in [1.165, 1.54) is 12.8 Å². The summed E-state index contributed by atoms with van der Waals surface area (Å²) in [5.41, 5.74) is 6.57. The molecule has 4 atom stereocenters. The first-order valence-corrected chi connectivity index (χ1v) is 8.11. The molecule has 1 saturated carbocycles. The molecule has 4 unspecified atom stereocenters. The Bertz CT molecular complexity index is 248. The van der Waals surface area contributed by atoms with E-state index in [9.17, 15) is 5.11 Å². The summed E-state index contributed by atoms with van der Waals surface area (Å²) in [4.78, 5) is 0. The molecule has 1 fully saturated rings. The molecule has 0 aromatic carbocycles. The van der Waals surface area contributed by atoms with Crippen molar-refractivity contribution in [3.8, 4) is 0 Å². The van der Waals surface area contributed by atoms with Gasteiger partial charge in [0.15, 0.2) is 0 Å². The third-order valence-corrected chi connectivity index (χ3v) is 6.12. The topological polar surface area (TPSA) is 66.5 Å². The first kappa shape index (κ1) is 16.3. The lowest BCUT2D eigenvalue weighted by molar-refractivity contribution is 0.113. The molecule has 1 aliphatic rings. The van der Waals surface area contributed by atoms with Crippen LogP contribution in [0.2, 0.25) is 0 Å². The highest BCUT2D eigenvalue weighted by Gasteiger charge is 2.36. The van der Waals surface area contributed by atoms with Gasteiger partial charge in [-0.05, 0) is 30.6 Å². The maximum atomic E-state index is 9.44. The highest BCUT2D eigenvalue weighted by molar-refractivity contribution is 8.00. The highest BCUT2D eigenvalue weighted by atomic mass is 32.2. The van der Waals surface area contributed by atoms with Crippen LogP contribution in [0, 0.1) is 11.3 Å². The quantitative estimate of drug-likeness (QED) is 0.694. The van der Waals surface area contributed by atoms with Gasteiger partial charge in [0.25, 0.3) is 0 Å². The van der Waals surface area contributed by atoms with Crippen molar-refractivity contribution in [1.82, 2.24) is 0 Å². The summed E-state index contributed by atoms with van der Waals surface area (Å²) < 4.78 is 0. The lowest BCUT2D eigenvalue weighted by atomic mass is 9.69. The van der Waals surface area contributed by atoms with Crippen molar-refractivity contribution in [2.75, 3.05) is 12.4 Å². The normalized spacial score (nSPS) is 31.3. The average molecular weight is 275 g/mol. The standard InChI is InChI=1S/C14H29NO2S/c1-4-14(2,3)10-5-6-12(15)13(7-10)18-9-11(17)8-16/h10-13,16-17H,4-9,15H2,1-3H3. The number of hydrogen-bond acceptors (Lipinski definition) is 4. The number of hydrogen-bond donors (Lipinski definition) is 3. The molecule has 4 N–H and O–H groups in total. The minimum Gasteiger partial charge on any atom is -0.394 e. The van der Waals surface area contributed by atoms with Gasteiger partial charge < -0.3 is 15.9 Å². The predicted octanol–water partition coefficient (Wildman–Crippen LogP) is 2.00. The molecule has 1 rings (SSSR count). The fraction of sp³-hybridized carbons (Fsp3) is 1.00. The van der Waals surface area contributed by atoms with Crippen LogP contribution < -0.4 is 5.73 Å². The zero-order valence-electron chi connectivity index (χ0n) is 11.9.